The molecule has 0 amide bonds. The Bertz CT molecular complexity index is 446. The number of rotatable bonds is 13. The highest BCUT2D eigenvalue weighted by Crippen LogP contribution is 2.27. The van der Waals surface area contributed by atoms with Gasteiger partial charge in [0.15, 0.2) is 5.79 Å². The summed E-state index contributed by atoms with van der Waals surface area (Å²) in [4.78, 5) is 1.29. The van der Waals surface area contributed by atoms with E-state index in [-0.39, 0.29) is 11.2 Å². The van der Waals surface area contributed by atoms with Gasteiger partial charge >= 0.3 is 0 Å². The zero-order valence-corrected chi connectivity index (χ0v) is 16.7. The third-order valence-electron chi connectivity index (χ3n) is 4.74. The first-order chi connectivity index (χ1) is 12.2. The molecule has 0 aliphatic carbocycles. The molecule has 0 N–H and O–H groups in total. The molecule has 0 spiro atoms. The quantitative estimate of drug-likeness (QED) is 0.242. The second-order valence-electron chi connectivity index (χ2n) is 6.94. The molecule has 1 fully saturated rings. The van der Waals surface area contributed by atoms with E-state index >= 15 is 0 Å². The third kappa shape index (κ3) is 8.59. The van der Waals surface area contributed by atoms with Gasteiger partial charge in [0.25, 0.3) is 0 Å². The van der Waals surface area contributed by atoms with E-state index in [9.17, 15) is 0 Å². The minimum absolute atomic E-state index is 0.273. The molecule has 2 rings (SSSR count). The van der Waals surface area contributed by atoms with Crippen molar-refractivity contribution in [3.05, 3.63) is 30.3 Å². The van der Waals surface area contributed by atoms with Crippen LogP contribution in [0.4, 0.5) is 0 Å². The van der Waals surface area contributed by atoms with Crippen LogP contribution in [0.1, 0.15) is 64.7 Å². The predicted molar refractivity (Wildman–Crippen MR) is 105 cm³/mol. The van der Waals surface area contributed by atoms with Crippen LogP contribution in [0.2, 0.25) is 0 Å². The summed E-state index contributed by atoms with van der Waals surface area (Å²) in [5, 5.41) is 0. The molecule has 4 heteroatoms. The number of hydrogen-bond acceptors (Lipinski definition) is 4. The summed E-state index contributed by atoms with van der Waals surface area (Å²) < 4.78 is 16.9. The number of methoxy groups -OCH3 is 1. The van der Waals surface area contributed by atoms with Gasteiger partial charge in [-0.25, -0.2) is 0 Å². The van der Waals surface area contributed by atoms with Crippen LogP contribution in [0.5, 0.6) is 0 Å². The third-order valence-corrected chi connectivity index (χ3v) is 5.98. The summed E-state index contributed by atoms with van der Waals surface area (Å²) >= 11 is 1.83. The highest BCUT2D eigenvalue weighted by atomic mass is 32.2. The van der Waals surface area contributed by atoms with Crippen LogP contribution >= 0.6 is 11.8 Å². The van der Waals surface area contributed by atoms with E-state index in [2.05, 4.69) is 37.3 Å². The Balaban J connectivity index is 1.43. The molecule has 1 aromatic rings. The monoisotopic (exact) mass is 366 g/mol. The molecule has 0 bridgehead atoms. The molecule has 1 aromatic carbocycles. The van der Waals surface area contributed by atoms with Crippen LogP contribution < -0.4 is 0 Å². The second kappa shape index (κ2) is 11.9. The number of thioether (sulfide) groups is 1. The first kappa shape index (κ1) is 20.8. The van der Waals surface area contributed by atoms with E-state index in [1.54, 1.807) is 0 Å². The SMILES string of the molecule is COC(CCCCCCCCCC1(C)OCCO1)Sc1ccccc1. The van der Waals surface area contributed by atoms with Gasteiger partial charge in [-0.15, -0.1) is 0 Å². The molecule has 1 atom stereocenters. The summed E-state index contributed by atoms with van der Waals surface area (Å²) in [6, 6.07) is 10.5. The summed E-state index contributed by atoms with van der Waals surface area (Å²) in [7, 11) is 1.82. The van der Waals surface area contributed by atoms with Gasteiger partial charge in [0.1, 0.15) is 5.44 Å². The number of unbranched alkanes of at least 4 members (excludes halogenated alkanes) is 6. The van der Waals surface area contributed by atoms with Crippen LogP contribution in [0.15, 0.2) is 35.2 Å². The molecule has 1 aliphatic rings. The molecule has 1 heterocycles. The molecule has 3 nitrogen and oxygen atoms in total. The maximum absolute atomic E-state index is 5.64. The van der Waals surface area contributed by atoms with Gasteiger partial charge in [0, 0.05) is 18.4 Å². The molecule has 0 aromatic heterocycles. The highest BCUT2D eigenvalue weighted by molar-refractivity contribution is 7.99. The van der Waals surface area contributed by atoms with Crippen LogP contribution in [0, 0.1) is 0 Å². The lowest BCUT2D eigenvalue weighted by Crippen LogP contribution is -2.24. The standard InChI is InChI=1S/C21H34O3S/c1-21(23-17-18-24-21)16-12-7-5-3-4-6-11-15-20(22-2)25-19-13-9-8-10-14-19/h8-10,13-14,20H,3-7,11-12,15-18H2,1-2H3. The van der Waals surface area contributed by atoms with Crippen molar-refractivity contribution in [2.24, 2.45) is 0 Å². The van der Waals surface area contributed by atoms with Crippen LogP contribution in [0.3, 0.4) is 0 Å². The molecule has 1 aliphatic heterocycles. The Labute approximate surface area is 157 Å². The van der Waals surface area contributed by atoms with Gasteiger partial charge in [0.2, 0.25) is 0 Å². The lowest BCUT2D eigenvalue weighted by atomic mass is 10.0. The normalized spacial score (nSPS) is 17.7. The Morgan fingerprint density at radius 3 is 2.20 bits per heavy atom. The second-order valence-corrected chi connectivity index (χ2v) is 8.17. The van der Waals surface area contributed by atoms with Crippen LogP contribution in [0.25, 0.3) is 0 Å². The largest absolute Gasteiger partial charge is 0.370 e. The summed E-state index contributed by atoms with van der Waals surface area (Å²) in [5.74, 6) is -0.300. The first-order valence-electron chi connectivity index (χ1n) is 9.74. The first-order valence-corrected chi connectivity index (χ1v) is 10.6. The Morgan fingerprint density at radius 2 is 1.56 bits per heavy atom. The predicted octanol–water partition coefficient (Wildman–Crippen LogP) is 6.03. The van der Waals surface area contributed by atoms with Crippen molar-refractivity contribution in [3.63, 3.8) is 0 Å². The van der Waals surface area contributed by atoms with E-state index in [0.717, 1.165) is 26.1 Å². The topological polar surface area (TPSA) is 27.7 Å². The number of benzene rings is 1. The van der Waals surface area contributed by atoms with Gasteiger partial charge in [-0.1, -0.05) is 62.1 Å². The average Bonchev–Trinajstić information content (AvgIpc) is 3.07. The van der Waals surface area contributed by atoms with Crippen molar-refractivity contribution in [3.8, 4) is 0 Å². The van der Waals surface area contributed by atoms with Gasteiger partial charge in [-0.2, -0.15) is 0 Å². The van der Waals surface area contributed by atoms with Crippen molar-refractivity contribution in [2.45, 2.75) is 80.8 Å². The fourth-order valence-electron chi connectivity index (χ4n) is 3.22. The molecular weight excluding hydrogens is 332 g/mol. The molecule has 142 valence electrons. The van der Waals surface area contributed by atoms with E-state index in [0.29, 0.717) is 0 Å². The number of ether oxygens (including phenoxy) is 3. The molecule has 25 heavy (non-hydrogen) atoms. The highest BCUT2D eigenvalue weighted by Gasteiger charge is 2.29. The van der Waals surface area contributed by atoms with E-state index in [1.165, 1.54) is 49.8 Å². The molecule has 1 unspecified atom stereocenters. The van der Waals surface area contributed by atoms with Crippen LogP contribution in [-0.4, -0.2) is 31.5 Å². The van der Waals surface area contributed by atoms with Gasteiger partial charge in [0.05, 0.1) is 13.2 Å². The fraction of sp³-hybridized carbons (Fsp3) is 0.714. The Kier molecular flexibility index (Phi) is 9.92. The van der Waals surface area contributed by atoms with Gasteiger partial charge in [-0.05, 0) is 38.3 Å². The smallest absolute Gasteiger partial charge is 0.165 e. The Morgan fingerprint density at radius 1 is 0.960 bits per heavy atom. The molecular formula is C21H34O3S. The van der Waals surface area contributed by atoms with E-state index in [4.69, 9.17) is 14.2 Å². The van der Waals surface area contributed by atoms with Crippen molar-refractivity contribution in [1.29, 1.82) is 0 Å². The van der Waals surface area contributed by atoms with Crippen molar-refractivity contribution >= 4 is 11.8 Å². The summed E-state index contributed by atoms with van der Waals surface area (Å²) in [6.07, 6.45) is 11.2. The molecule has 0 radical (unpaired) electrons. The van der Waals surface area contributed by atoms with Crippen molar-refractivity contribution in [1.82, 2.24) is 0 Å². The lowest BCUT2D eigenvalue weighted by Gasteiger charge is -2.21. The summed E-state index contributed by atoms with van der Waals surface area (Å²) in [5.41, 5.74) is 0.273. The Hall–Kier alpha value is -0.550. The van der Waals surface area contributed by atoms with E-state index in [1.807, 2.05) is 18.9 Å². The van der Waals surface area contributed by atoms with E-state index < -0.39 is 0 Å². The lowest BCUT2D eigenvalue weighted by molar-refractivity contribution is -0.147. The zero-order valence-electron chi connectivity index (χ0n) is 15.9. The van der Waals surface area contributed by atoms with Crippen LogP contribution in [-0.2, 0) is 14.2 Å². The number of hydrogen-bond donors (Lipinski definition) is 0. The van der Waals surface area contributed by atoms with Crippen molar-refractivity contribution in [2.75, 3.05) is 20.3 Å². The summed E-state index contributed by atoms with van der Waals surface area (Å²) in [6.45, 7) is 3.57. The average molecular weight is 367 g/mol. The maximum Gasteiger partial charge on any atom is 0.165 e. The van der Waals surface area contributed by atoms with Gasteiger partial charge in [-0.3, -0.25) is 0 Å². The van der Waals surface area contributed by atoms with Gasteiger partial charge < -0.3 is 14.2 Å². The molecule has 0 saturated carbocycles. The zero-order chi connectivity index (χ0) is 17.8. The van der Waals surface area contributed by atoms with Crippen molar-refractivity contribution < 1.29 is 14.2 Å². The fourth-order valence-corrected chi connectivity index (χ4v) is 4.22. The molecule has 1 saturated heterocycles. The minimum atomic E-state index is -0.300. The minimum Gasteiger partial charge on any atom is -0.370 e. The maximum atomic E-state index is 5.64.